The Bertz CT molecular complexity index is 1270. The van der Waals surface area contributed by atoms with Gasteiger partial charge in [-0.05, 0) is 95.7 Å². The molecule has 1 unspecified atom stereocenters. The minimum atomic E-state index is -0.565. The van der Waals surface area contributed by atoms with Crippen LogP contribution in [0.3, 0.4) is 0 Å². The molecule has 0 bridgehead atoms. The Kier molecular flexibility index (Phi) is 5.73. The number of hydrogen-bond donors (Lipinski definition) is 0. The summed E-state index contributed by atoms with van der Waals surface area (Å²) in [6, 6.07) is 7.91. The lowest BCUT2D eigenvalue weighted by Gasteiger charge is -2.48. The number of amides is 2. The molecule has 3 atom stereocenters. The van der Waals surface area contributed by atoms with E-state index in [-0.39, 0.29) is 23.8 Å². The Hall–Kier alpha value is -1.94. The summed E-state index contributed by atoms with van der Waals surface area (Å²) in [6.45, 7) is 14.2. The molecule has 220 valence electrons. The number of fused-ring (bicyclic) bond motifs is 3. The number of ether oxygens (including phenoxy) is 1. The lowest BCUT2D eigenvalue weighted by Crippen LogP contribution is -2.59. The fraction of sp³-hybridized carbons (Fsp3) is 0.750. The predicted octanol–water partition coefficient (Wildman–Crippen LogP) is 2.71. The topological polar surface area (TPSA) is 71.6 Å². The number of hydrogen-bond acceptors (Lipinski definition) is 6. The minimum absolute atomic E-state index is 0.0134. The zero-order valence-electron chi connectivity index (χ0n) is 25.2. The smallest absolute Gasteiger partial charge is 0.399 e. The van der Waals surface area contributed by atoms with Crippen LogP contribution in [0.15, 0.2) is 18.2 Å². The fourth-order valence-corrected chi connectivity index (χ4v) is 8.60. The van der Waals surface area contributed by atoms with Crippen molar-refractivity contribution in [2.75, 3.05) is 37.7 Å². The molecule has 8 rings (SSSR count). The van der Waals surface area contributed by atoms with Crippen LogP contribution in [0, 0.1) is 17.8 Å². The molecule has 2 amide bonds. The Labute approximate surface area is 244 Å². The number of anilines is 1. The second-order valence-electron chi connectivity index (χ2n) is 15.1. The van der Waals surface area contributed by atoms with E-state index in [1.807, 2.05) is 4.90 Å². The van der Waals surface area contributed by atoms with Gasteiger partial charge < -0.3 is 23.8 Å². The molecular weight excluding hydrogens is 517 g/mol. The molecule has 9 heteroatoms. The zero-order chi connectivity index (χ0) is 28.5. The van der Waals surface area contributed by atoms with Gasteiger partial charge in [0.2, 0.25) is 11.8 Å². The summed E-state index contributed by atoms with van der Waals surface area (Å²) in [5, 5.41) is 0. The maximum atomic E-state index is 14.6. The predicted molar refractivity (Wildman–Crippen MR) is 156 cm³/mol. The van der Waals surface area contributed by atoms with Crippen LogP contribution in [0.2, 0.25) is 0 Å². The van der Waals surface area contributed by atoms with Gasteiger partial charge in [-0.1, -0.05) is 12.1 Å². The molecule has 1 aromatic rings. The van der Waals surface area contributed by atoms with Crippen LogP contribution < -0.4 is 10.4 Å². The van der Waals surface area contributed by atoms with Gasteiger partial charge in [-0.2, -0.15) is 0 Å². The van der Waals surface area contributed by atoms with E-state index in [0.29, 0.717) is 51.2 Å². The first-order valence-electron chi connectivity index (χ1n) is 16.0. The second-order valence-corrected chi connectivity index (χ2v) is 15.1. The van der Waals surface area contributed by atoms with Gasteiger partial charge in [-0.25, -0.2) is 0 Å². The molecule has 0 radical (unpaired) electrons. The molecule has 6 fully saturated rings. The van der Waals surface area contributed by atoms with Crippen LogP contribution in [0.25, 0.3) is 0 Å². The highest BCUT2D eigenvalue weighted by atomic mass is 16.7. The third-order valence-corrected chi connectivity index (χ3v) is 12.4. The van der Waals surface area contributed by atoms with E-state index in [1.165, 1.54) is 13.0 Å². The molecule has 2 aliphatic carbocycles. The molecule has 0 aromatic heterocycles. The van der Waals surface area contributed by atoms with Crippen molar-refractivity contribution in [2.45, 2.75) is 101 Å². The third-order valence-electron chi connectivity index (χ3n) is 12.4. The number of carbonyl (C=O) groups is 2. The molecule has 4 saturated heterocycles. The quantitative estimate of drug-likeness (QED) is 0.527. The number of piperidine rings is 2. The maximum Gasteiger partial charge on any atom is 0.494 e. The first-order chi connectivity index (χ1) is 19.5. The van der Waals surface area contributed by atoms with Crippen molar-refractivity contribution in [3.05, 3.63) is 23.8 Å². The molecule has 1 spiro atoms. The molecule has 41 heavy (non-hydrogen) atoms. The van der Waals surface area contributed by atoms with E-state index in [1.54, 1.807) is 0 Å². The van der Waals surface area contributed by atoms with Crippen LogP contribution in [0.5, 0.6) is 0 Å². The monoisotopic (exact) mass is 561 g/mol. The van der Waals surface area contributed by atoms with Crippen LogP contribution in [0.4, 0.5) is 5.69 Å². The van der Waals surface area contributed by atoms with Gasteiger partial charge in [0.1, 0.15) is 0 Å². The Balaban J connectivity index is 1.08. The standard InChI is InChI=1S/C32H44BN3O5/c1-19-25-12-20(25)16-35(19)23-14-24(15-23)36-27-13-22(33-40-30(2,3)31(4,5)41-33)6-7-26(27)32(29(36)38)8-10-34(11-9-32)28(37)21-17-39-18-21/h6-7,13,19-21,23-25H,8-12,14-18H2,1-5H3/t19-,20+,23?,24?,25?/m0/s1. The number of likely N-dealkylation sites (tertiary alicyclic amines) is 2. The zero-order valence-corrected chi connectivity index (χ0v) is 25.2. The number of benzene rings is 1. The molecule has 5 aliphatic heterocycles. The van der Waals surface area contributed by atoms with Crippen LogP contribution in [0.1, 0.15) is 72.3 Å². The van der Waals surface area contributed by atoms with Crippen molar-refractivity contribution < 1.29 is 23.6 Å². The van der Waals surface area contributed by atoms with Gasteiger partial charge in [-0.3, -0.25) is 14.5 Å². The van der Waals surface area contributed by atoms with Crippen molar-refractivity contribution in [2.24, 2.45) is 17.8 Å². The average molecular weight is 562 g/mol. The molecule has 8 nitrogen and oxygen atoms in total. The van der Waals surface area contributed by atoms with Gasteiger partial charge in [0.15, 0.2) is 0 Å². The average Bonchev–Trinajstić information content (AvgIpc) is 3.46. The number of carbonyl (C=O) groups excluding carboxylic acids is 2. The molecule has 5 heterocycles. The fourth-order valence-electron chi connectivity index (χ4n) is 8.60. The SMILES string of the molecule is C[C@H]1C2C[C@@H]2CN1C1CC(N2C(=O)C3(CCN(C(=O)C4COC4)CC3)c3ccc(B4OC(C)(C)C(C)(C)O4)cc32)C1. The van der Waals surface area contributed by atoms with Gasteiger partial charge >= 0.3 is 7.12 Å². The first kappa shape index (κ1) is 26.7. The molecule has 2 saturated carbocycles. The van der Waals surface area contributed by atoms with Crippen molar-refractivity contribution in [3.8, 4) is 0 Å². The van der Waals surface area contributed by atoms with Crippen molar-refractivity contribution >= 4 is 30.1 Å². The van der Waals surface area contributed by atoms with Gasteiger partial charge in [0, 0.05) is 43.4 Å². The first-order valence-corrected chi connectivity index (χ1v) is 16.0. The highest BCUT2D eigenvalue weighted by Gasteiger charge is 2.59. The van der Waals surface area contributed by atoms with E-state index in [0.717, 1.165) is 41.4 Å². The van der Waals surface area contributed by atoms with E-state index >= 15 is 0 Å². The molecule has 1 aromatic carbocycles. The summed E-state index contributed by atoms with van der Waals surface area (Å²) >= 11 is 0. The van der Waals surface area contributed by atoms with E-state index in [9.17, 15) is 9.59 Å². The highest BCUT2D eigenvalue weighted by molar-refractivity contribution is 6.62. The van der Waals surface area contributed by atoms with Crippen molar-refractivity contribution in [1.82, 2.24) is 9.80 Å². The van der Waals surface area contributed by atoms with Crippen LogP contribution >= 0.6 is 0 Å². The van der Waals surface area contributed by atoms with Crippen molar-refractivity contribution in [3.63, 3.8) is 0 Å². The highest BCUT2D eigenvalue weighted by Crippen LogP contribution is 2.54. The summed E-state index contributed by atoms with van der Waals surface area (Å²) in [6.07, 6.45) is 4.83. The lowest BCUT2D eigenvalue weighted by atomic mass is 9.71. The Morgan fingerprint density at radius 1 is 0.976 bits per heavy atom. The Morgan fingerprint density at radius 2 is 1.66 bits per heavy atom. The number of rotatable bonds is 4. The third kappa shape index (κ3) is 3.81. The molecule has 7 aliphatic rings. The van der Waals surface area contributed by atoms with Crippen LogP contribution in [-0.2, 0) is 29.0 Å². The minimum Gasteiger partial charge on any atom is -0.399 e. The Morgan fingerprint density at radius 3 is 2.24 bits per heavy atom. The van der Waals surface area contributed by atoms with Crippen LogP contribution in [-0.4, -0.2) is 90.9 Å². The summed E-state index contributed by atoms with van der Waals surface area (Å²) in [7, 11) is -0.464. The number of nitrogens with zero attached hydrogens (tertiary/aromatic N) is 3. The normalized spacial score (nSPS) is 36.8. The van der Waals surface area contributed by atoms with Crippen molar-refractivity contribution in [1.29, 1.82) is 0 Å². The lowest BCUT2D eigenvalue weighted by molar-refractivity contribution is -0.152. The maximum absolute atomic E-state index is 14.6. The van der Waals surface area contributed by atoms with E-state index in [2.05, 4.69) is 62.6 Å². The summed E-state index contributed by atoms with van der Waals surface area (Å²) < 4.78 is 18.1. The molecular formula is C32H44BN3O5. The summed E-state index contributed by atoms with van der Waals surface area (Å²) in [4.78, 5) is 34.4. The molecule has 0 N–H and O–H groups in total. The van der Waals surface area contributed by atoms with E-state index < -0.39 is 23.7 Å². The van der Waals surface area contributed by atoms with Gasteiger partial charge in [0.05, 0.1) is 35.7 Å². The largest absolute Gasteiger partial charge is 0.494 e. The van der Waals surface area contributed by atoms with Gasteiger partial charge in [0.25, 0.3) is 0 Å². The van der Waals surface area contributed by atoms with E-state index in [4.69, 9.17) is 14.0 Å². The summed E-state index contributed by atoms with van der Waals surface area (Å²) in [5.41, 5.74) is 1.72. The second kappa shape index (κ2) is 8.81. The van der Waals surface area contributed by atoms with Gasteiger partial charge in [-0.15, -0.1) is 0 Å². The summed E-state index contributed by atoms with van der Waals surface area (Å²) in [5.74, 6) is 2.21.